The fourth-order valence-electron chi connectivity index (χ4n) is 2.23. The van der Waals surface area contributed by atoms with Gasteiger partial charge in [0.1, 0.15) is 11.9 Å². The molecule has 0 bridgehead atoms. The summed E-state index contributed by atoms with van der Waals surface area (Å²) in [5.74, 6) is 1.03. The van der Waals surface area contributed by atoms with Gasteiger partial charge in [-0.3, -0.25) is 4.79 Å². The first-order valence-corrected chi connectivity index (χ1v) is 6.02. The molecule has 0 spiro atoms. The molecule has 3 N–H and O–H groups in total. The number of nitrogens with two attached hydrogens (primary N) is 1. The van der Waals surface area contributed by atoms with Gasteiger partial charge in [-0.05, 0) is 18.1 Å². The predicted octanol–water partition coefficient (Wildman–Crippen LogP) is 0.454. The molecule has 4 heteroatoms. The molecule has 1 saturated carbocycles. The van der Waals surface area contributed by atoms with E-state index in [0.717, 1.165) is 18.6 Å². The summed E-state index contributed by atoms with van der Waals surface area (Å²) >= 11 is 0. The lowest BCUT2D eigenvalue weighted by molar-refractivity contribution is -0.122. The Kier molecular flexibility index (Phi) is 2.52. The van der Waals surface area contributed by atoms with Crippen LogP contribution in [0.2, 0.25) is 0 Å². The van der Waals surface area contributed by atoms with E-state index < -0.39 is 0 Å². The molecule has 3 atom stereocenters. The molecule has 1 aliphatic carbocycles. The Balaban J connectivity index is 1.51. The summed E-state index contributed by atoms with van der Waals surface area (Å²) in [5, 5.41) is 2.91. The van der Waals surface area contributed by atoms with E-state index in [1.165, 1.54) is 5.56 Å². The number of amides is 1. The van der Waals surface area contributed by atoms with Crippen LogP contribution in [0, 0.1) is 5.92 Å². The second-order valence-corrected chi connectivity index (χ2v) is 4.80. The highest BCUT2D eigenvalue weighted by Gasteiger charge is 2.40. The van der Waals surface area contributed by atoms with Gasteiger partial charge in [-0.1, -0.05) is 18.2 Å². The molecule has 0 saturated heterocycles. The molecule has 0 aromatic heterocycles. The molecule has 17 heavy (non-hydrogen) atoms. The fourth-order valence-corrected chi connectivity index (χ4v) is 2.23. The number of carbonyl (C=O) groups is 1. The highest BCUT2D eigenvalue weighted by molar-refractivity contribution is 5.82. The standard InChI is InChI=1S/C13H16N2O2/c14-11-6-10(11)13(16)15-7-9-5-8-3-1-2-4-12(8)17-9/h1-4,9-11H,5-7,14H2,(H,15,16). The average molecular weight is 232 g/mol. The van der Waals surface area contributed by atoms with Crippen molar-refractivity contribution in [2.45, 2.75) is 25.0 Å². The van der Waals surface area contributed by atoms with E-state index in [1.54, 1.807) is 0 Å². The molecule has 2 aliphatic rings. The van der Waals surface area contributed by atoms with E-state index in [0.29, 0.717) is 6.54 Å². The Morgan fingerprint density at radius 3 is 2.94 bits per heavy atom. The van der Waals surface area contributed by atoms with E-state index in [1.807, 2.05) is 18.2 Å². The van der Waals surface area contributed by atoms with Gasteiger partial charge in [0.2, 0.25) is 5.91 Å². The lowest BCUT2D eigenvalue weighted by atomic mass is 10.1. The maximum atomic E-state index is 11.6. The van der Waals surface area contributed by atoms with Crippen LogP contribution in [-0.2, 0) is 11.2 Å². The van der Waals surface area contributed by atoms with Gasteiger partial charge in [0.05, 0.1) is 12.5 Å². The summed E-state index contributed by atoms with van der Waals surface area (Å²) in [4.78, 5) is 11.6. The van der Waals surface area contributed by atoms with Crippen molar-refractivity contribution in [3.63, 3.8) is 0 Å². The van der Waals surface area contributed by atoms with E-state index in [4.69, 9.17) is 10.5 Å². The first-order chi connectivity index (χ1) is 8.24. The van der Waals surface area contributed by atoms with Gasteiger partial charge in [-0.25, -0.2) is 0 Å². The first kappa shape index (κ1) is 10.6. The molecular formula is C13H16N2O2. The molecule has 1 fully saturated rings. The summed E-state index contributed by atoms with van der Waals surface area (Å²) in [6, 6.07) is 8.06. The molecule has 1 aliphatic heterocycles. The molecule has 1 amide bonds. The van der Waals surface area contributed by atoms with E-state index >= 15 is 0 Å². The summed E-state index contributed by atoms with van der Waals surface area (Å²) in [5.41, 5.74) is 6.85. The molecule has 3 unspecified atom stereocenters. The topological polar surface area (TPSA) is 64.4 Å². The molecule has 1 heterocycles. The normalized spacial score (nSPS) is 29.4. The number of carbonyl (C=O) groups excluding carboxylic acids is 1. The third-order valence-electron chi connectivity index (χ3n) is 3.39. The molecular weight excluding hydrogens is 216 g/mol. The maximum Gasteiger partial charge on any atom is 0.224 e. The van der Waals surface area contributed by atoms with Crippen molar-refractivity contribution in [3.8, 4) is 5.75 Å². The molecule has 0 radical (unpaired) electrons. The highest BCUT2D eigenvalue weighted by atomic mass is 16.5. The third-order valence-corrected chi connectivity index (χ3v) is 3.39. The number of rotatable bonds is 3. The summed E-state index contributed by atoms with van der Waals surface area (Å²) in [7, 11) is 0. The van der Waals surface area contributed by atoms with Crippen molar-refractivity contribution >= 4 is 5.91 Å². The Labute approximate surface area is 100 Å². The minimum Gasteiger partial charge on any atom is -0.488 e. The van der Waals surface area contributed by atoms with Crippen LogP contribution >= 0.6 is 0 Å². The van der Waals surface area contributed by atoms with Crippen LogP contribution in [0.4, 0.5) is 0 Å². The number of benzene rings is 1. The van der Waals surface area contributed by atoms with Crippen molar-refractivity contribution in [2.75, 3.05) is 6.54 Å². The van der Waals surface area contributed by atoms with Crippen LogP contribution in [0.1, 0.15) is 12.0 Å². The van der Waals surface area contributed by atoms with Gasteiger partial charge >= 0.3 is 0 Å². The van der Waals surface area contributed by atoms with Crippen LogP contribution in [0.3, 0.4) is 0 Å². The van der Waals surface area contributed by atoms with E-state index in [2.05, 4.69) is 11.4 Å². The average Bonchev–Trinajstić information content (AvgIpc) is 2.92. The van der Waals surface area contributed by atoms with Gasteiger partial charge in [-0.15, -0.1) is 0 Å². The number of para-hydroxylation sites is 1. The number of hydrogen-bond donors (Lipinski definition) is 2. The van der Waals surface area contributed by atoms with Crippen molar-refractivity contribution in [2.24, 2.45) is 11.7 Å². The minimum absolute atomic E-state index is 0.0266. The monoisotopic (exact) mass is 232 g/mol. The highest BCUT2D eigenvalue weighted by Crippen LogP contribution is 2.29. The lowest BCUT2D eigenvalue weighted by Gasteiger charge is -2.11. The SMILES string of the molecule is NC1CC1C(=O)NCC1Cc2ccccc2O1. The van der Waals surface area contributed by atoms with Crippen LogP contribution in [0.15, 0.2) is 24.3 Å². The van der Waals surface area contributed by atoms with Gasteiger partial charge in [0.25, 0.3) is 0 Å². The van der Waals surface area contributed by atoms with Crippen molar-refractivity contribution in [1.29, 1.82) is 0 Å². The van der Waals surface area contributed by atoms with Gasteiger partial charge < -0.3 is 15.8 Å². The van der Waals surface area contributed by atoms with Crippen molar-refractivity contribution < 1.29 is 9.53 Å². The van der Waals surface area contributed by atoms with E-state index in [-0.39, 0.29) is 24.0 Å². The molecule has 1 aromatic carbocycles. The van der Waals surface area contributed by atoms with Gasteiger partial charge in [-0.2, -0.15) is 0 Å². The maximum absolute atomic E-state index is 11.6. The van der Waals surface area contributed by atoms with Gasteiger partial charge in [0.15, 0.2) is 0 Å². The zero-order valence-corrected chi connectivity index (χ0v) is 9.56. The van der Waals surface area contributed by atoms with Crippen molar-refractivity contribution in [3.05, 3.63) is 29.8 Å². The number of fused-ring (bicyclic) bond motifs is 1. The summed E-state index contributed by atoms with van der Waals surface area (Å²) < 4.78 is 5.74. The Morgan fingerprint density at radius 2 is 2.24 bits per heavy atom. The molecule has 4 nitrogen and oxygen atoms in total. The molecule has 1 aromatic rings. The first-order valence-electron chi connectivity index (χ1n) is 6.02. The summed E-state index contributed by atoms with van der Waals surface area (Å²) in [6.45, 7) is 0.566. The van der Waals surface area contributed by atoms with Crippen molar-refractivity contribution in [1.82, 2.24) is 5.32 Å². The van der Waals surface area contributed by atoms with Crippen LogP contribution in [0.5, 0.6) is 5.75 Å². The van der Waals surface area contributed by atoms with Crippen LogP contribution in [0.25, 0.3) is 0 Å². The number of hydrogen-bond acceptors (Lipinski definition) is 3. The zero-order valence-electron chi connectivity index (χ0n) is 9.56. The third kappa shape index (κ3) is 2.13. The Hall–Kier alpha value is -1.55. The largest absolute Gasteiger partial charge is 0.488 e. The van der Waals surface area contributed by atoms with Crippen LogP contribution < -0.4 is 15.8 Å². The Bertz CT molecular complexity index is 422. The molecule has 90 valence electrons. The van der Waals surface area contributed by atoms with E-state index in [9.17, 15) is 4.79 Å². The second-order valence-electron chi connectivity index (χ2n) is 4.80. The minimum atomic E-state index is 0.0266. The number of nitrogens with one attached hydrogen (secondary N) is 1. The fraction of sp³-hybridized carbons (Fsp3) is 0.462. The predicted molar refractivity (Wildman–Crippen MR) is 63.7 cm³/mol. The summed E-state index contributed by atoms with van der Waals surface area (Å²) in [6.07, 6.45) is 1.75. The van der Waals surface area contributed by atoms with Gasteiger partial charge in [0, 0.05) is 12.5 Å². The second kappa shape index (κ2) is 4.04. The Morgan fingerprint density at radius 1 is 1.47 bits per heavy atom. The smallest absolute Gasteiger partial charge is 0.224 e. The lowest BCUT2D eigenvalue weighted by Crippen LogP contribution is -2.36. The zero-order chi connectivity index (χ0) is 11.8. The molecule has 3 rings (SSSR count). The number of ether oxygens (including phenoxy) is 1. The van der Waals surface area contributed by atoms with Crippen LogP contribution in [-0.4, -0.2) is 24.6 Å². The quantitative estimate of drug-likeness (QED) is 0.795.